The Morgan fingerprint density at radius 1 is 1.14 bits per heavy atom. The number of rotatable bonds is 8. The van der Waals surface area contributed by atoms with E-state index in [1.807, 2.05) is 0 Å². The van der Waals surface area contributed by atoms with Crippen LogP contribution in [0.5, 0.6) is 0 Å². The highest BCUT2D eigenvalue weighted by Gasteiger charge is 2.27. The van der Waals surface area contributed by atoms with Gasteiger partial charge in [-0.15, -0.1) is 10.2 Å². The summed E-state index contributed by atoms with van der Waals surface area (Å²) in [6, 6.07) is 0.206. The van der Waals surface area contributed by atoms with E-state index >= 15 is 0 Å². The van der Waals surface area contributed by atoms with E-state index < -0.39 is 0 Å². The van der Waals surface area contributed by atoms with Crippen LogP contribution in [-0.4, -0.2) is 16.7 Å². The number of unbranched alkanes of at least 4 members (excludes halogenated alkanes) is 1. The molecule has 21 heavy (non-hydrogen) atoms. The van der Waals surface area contributed by atoms with Crippen molar-refractivity contribution in [2.75, 3.05) is 6.54 Å². The maximum atomic E-state index is 5.96. The summed E-state index contributed by atoms with van der Waals surface area (Å²) in [6.07, 6.45) is 10.2. The van der Waals surface area contributed by atoms with Gasteiger partial charge in [-0.1, -0.05) is 40.0 Å². The summed E-state index contributed by atoms with van der Waals surface area (Å²) in [4.78, 5) is 0. The third kappa shape index (κ3) is 4.53. The fraction of sp³-hybridized carbons (Fsp3) is 0.882. The lowest BCUT2D eigenvalue weighted by atomic mass is 9.80. The second-order valence-corrected chi connectivity index (χ2v) is 6.36. The zero-order valence-electron chi connectivity index (χ0n) is 13.9. The molecule has 1 aromatic rings. The molecule has 0 aliphatic heterocycles. The molecule has 1 saturated carbocycles. The fourth-order valence-corrected chi connectivity index (χ4v) is 3.40. The molecule has 4 nitrogen and oxygen atoms in total. The van der Waals surface area contributed by atoms with Gasteiger partial charge in [-0.25, -0.2) is 0 Å². The Morgan fingerprint density at radius 3 is 2.52 bits per heavy atom. The average molecular weight is 293 g/mol. The number of aromatic nitrogens is 2. The van der Waals surface area contributed by atoms with Crippen LogP contribution in [0, 0.1) is 5.92 Å². The topological polar surface area (TPSA) is 51.0 Å². The molecule has 1 heterocycles. The van der Waals surface area contributed by atoms with Crippen LogP contribution in [0.2, 0.25) is 0 Å². The molecule has 1 aromatic heterocycles. The number of hydrogen-bond donors (Lipinski definition) is 1. The molecule has 2 rings (SSSR count). The Kier molecular flexibility index (Phi) is 6.68. The van der Waals surface area contributed by atoms with E-state index in [9.17, 15) is 0 Å². The molecule has 1 fully saturated rings. The molecule has 0 radical (unpaired) electrons. The van der Waals surface area contributed by atoms with Crippen LogP contribution in [0.15, 0.2) is 4.42 Å². The molecule has 0 bridgehead atoms. The SMILES string of the molecule is CCCCC1CCC(c2nnc(C(CC)NCC)o2)CC1. The van der Waals surface area contributed by atoms with E-state index in [0.29, 0.717) is 5.92 Å². The van der Waals surface area contributed by atoms with Crippen molar-refractivity contribution in [2.24, 2.45) is 5.92 Å². The van der Waals surface area contributed by atoms with Crippen molar-refractivity contribution in [3.8, 4) is 0 Å². The molecule has 4 heteroatoms. The Labute approximate surface area is 129 Å². The smallest absolute Gasteiger partial charge is 0.233 e. The highest BCUT2D eigenvalue weighted by molar-refractivity contribution is 4.97. The number of nitrogens with one attached hydrogen (secondary N) is 1. The molecule has 1 unspecified atom stereocenters. The number of nitrogens with zero attached hydrogens (tertiary/aromatic N) is 2. The molecule has 1 atom stereocenters. The van der Waals surface area contributed by atoms with Gasteiger partial charge in [0.05, 0.1) is 6.04 Å². The molecular weight excluding hydrogens is 262 g/mol. The molecule has 1 aliphatic rings. The first-order chi connectivity index (χ1) is 10.3. The largest absolute Gasteiger partial charge is 0.423 e. The lowest BCUT2D eigenvalue weighted by Gasteiger charge is -2.26. The highest BCUT2D eigenvalue weighted by Crippen LogP contribution is 2.37. The first kappa shape index (κ1) is 16.5. The highest BCUT2D eigenvalue weighted by atomic mass is 16.4. The van der Waals surface area contributed by atoms with E-state index in [2.05, 4.69) is 36.3 Å². The van der Waals surface area contributed by atoms with Crippen LogP contribution in [-0.2, 0) is 0 Å². The van der Waals surface area contributed by atoms with E-state index in [-0.39, 0.29) is 6.04 Å². The quantitative estimate of drug-likeness (QED) is 0.761. The number of hydrogen-bond acceptors (Lipinski definition) is 4. The first-order valence-corrected chi connectivity index (χ1v) is 8.85. The lowest BCUT2D eigenvalue weighted by molar-refractivity contribution is 0.269. The van der Waals surface area contributed by atoms with Gasteiger partial charge in [0.15, 0.2) is 0 Å². The van der Waals surface area contributed by atoms with Crippen molar-refractivity contribution in [2.45, 2.75) is 84.1 Å². The summed E-state index contributed by atoms with van der Waals surface area (Å²) in [5.41, 5.74) is 0. The maximum Gasteiger partial charge on any atom is 0.233 e. The normalized spacial score (nSPS) is 24.1. The predicted octanol–water partition coefficient (Wildman–Crippen LogP) is 4.59. The van der Waals surface area contributed by atoms with E-state index in [1.165, 1.54) is 44.9 Å². The van der Waals surface area contributed by atoms with Crippen LogP contribution >= 0.6 is 0 Å². The molecule has 1 N–H and O–H groups in total. The van der Waals surface area contributed by atoms with Gasteiger partial charge in [-0.05, 0) is 44.6 Å². The van der Waals surface area contributed by atoms with Crippen LogP contribution in [0.4, 0.5) is 0 Å². The Hall–Kier alpha value is -0.900. The summed E-state index contributed by atoms with van der Waals surface area (Å²) in [6.45, 7) is 7.46. The van der Waals surface area contributed by atoms with Gasteiger partial charge in [-0.2, -0.15) is 0 Å². The predicted molar refractivity (Wildman–Crippen MR) is 85.2 cm³/mol. The van der Waals surface area contributed by atoms with Crippen molar-refractivity contribution in [1.29, 1.82) is 0 Å². The van der Waals surface area contributed by atoms with Gasteiger partial charge < -0.3 is 9.73 Å². The van der Waals surface area contributed by atoms with Gasteiger partial charge in [0.25, 0.3) is 0 Å². The van der Waals surface area contributed by atoms with E-state index in [4.69, 9.17) is 4.42 Å². The Balaban J connectivity index is 1.87. The monoisotopic (exact) mass is 293 g/mol. The third-order valence-electron chi connectivity index (χ3n) is 4.78. The third-order valence-corrected chi connectivity index (χ3v) is 4.78. The molecule has 120 valence electrons. The van der Waals surface area contributed by atoms with Crippen molar-refractivity contribution < 1.29 is 4.42 Å². The molecular formula is C17H31N3O. The van der Waals surface area contributed by atoms with Gasteiger partial charge in [-0.3, -0.25) is 0 Å². The minimum atomic E-state index is 0.206. The summed E-state index contributed by atoms with van der Waals surface area (Å²) in [5.74, 6) is 3.05. The van der Waals surface area contributed by atoms with Crippen molar-refractivity contribution >= 4 is 0 Å². The van der Waals surface area contributed by atoms with Crippen LogP contribution in [0.25, 0.3) is 0 Å². The molecule has 0 amide bonds. The summed E-state index contributed by atoms with van der Waals surface area (Å²) in [7, 11) is 0. The zero-order chi connectivity index (χ0) is 15.1. The molecule has 1 aliphatic carbocycles. The first-order valence-electron chi connectivity index (χ1n) is 8.85. The Bertz CT molecular complexity index is 396. The molecule has 0 aromatic carbocycles. The van der Waals surface area contributed by atoms with Crippen LogP contribution in [0.1, 0.15) is 95.9 Å². The molecule has 0 spiro atoms. The minimum Gasteiger partial charge on any atom is -0.423 e. The average Bonchev–Trinajstić information content (AvgIpc) is 3.00. The lowest BCUT2D eigenvalue weighted by Crippen LogP contribution is -2.20. The summed E-state index contributed by atoms with van der Waals surface area (Å²) >= 11 is 0. The van der Waals surface area contributed by atoms with E-state index in [1.54, 1.807) is 0 Å². The van der Waals surface area contributed by atoms with Gasteiger partial charge >= 0.3 is 0 Å². The molecule has 0 saturated heterocycles. The second-order valence-electron chi connectivity index (χ2n) is 6.36. The van der Waals surface area contributed by atoms with Gasteiger partial charge in [0, 0.05) is 5.92 Å². The van der Waals surface area contributed by atoms with Crippen molar-refractivity contribution in [1.82, 2.24) is 15.5 Å². The minimum absolute atomic E-state index is 0.206. The van der Waals surface area contributed by atoms with Crippen LogP contribution < -0.4 is 5.32 Å². The van der Waals surface area contributed by atoms with Crippen molar-refractivity contribution in [3.63, 3.8) is 0 Å². The van der Waals surface area contributed by atoms with Crippen LogP contribution in [0.3, 0.4) is 0 Å². The van der Waals surface area contributed by atoms with Gasteiger partial charge in [0.1, 0.15) is 0 Å². The summed E-state index contributed by atoms with van der Waals surface area (Å²) < 4.78 is 5.96. The van der Waals surface area contributed by atoms with Crippen molar-refractivity contribution in [3.05, 3.63) is 11.8 Å². The summed E-state index contributed by atoms with van der Waals surface area (Å²) in [5, 5.41) is 12.0. The Morgan fingerprint density at radius 2 is 1.90 bits per heavy atom. The zero-order valence-corrected chi connectivity index (χ0v) is 13.9. The maximum absolute atomic E-state index is 5.96. The fourth-order valence-electron chi connectivity index (χ4n) is 3.40. The standard InChI is InChI=1S/C17H31N3O/c1-4-7-8-13-9-11-14(12-10-13)16-19-20-17(21-16)15(5-2)18-6-3/h13-15,18H,4-12H2,1-3H3. The van der Waals surface area contributed by atoms with E-state index in [0.717, 1.165) is 30.7 Å². The second kappa shape index (κ2) is 8.52. The van der Waals surface area contributed by atoms with Gasteiger partial charge in [0.2, 0.25) is 11.8 Å².